The summed E-state index contributed by atoms with van der Waals surface area (Å²) in [7, 11) is -3.53. The third-order valence-corrected chi connectivity index (χ3v) is 7.91. The number of nitrogens with zero attached hydrogens (tertiary/aromatic N) is 2. The summed E-state index contributed by atoms with van der Waals surface area (Å²) in [6.45, 7) is 3.63. The van der Waals surface area contributed by atoms with Gasteiger partial charge in [0, 0.05) is 31.2 Å². The largest absolute Gasteiger partial charge is 0.331 e. The number of piperidine rings is 1. The van der Waals surface area contributed by atoms with Crippen LogP contribution in [0.4, 0.5) is 4.39 Å². The summed E-state index contributed by atoms with van der Waals surface area (Å²) >= 11 is 0. The Labute approximate surface area is 177 Å². The van der Waals surface area contributed by atoms with Crippen molar-refractivity contribution in [2.24, 2.45) is 5.92 Å². The van der Waals surface area contributed by atoms with Crippen molar-refractivity contribution in [2.75, 3.05) is 13.1 Å². The average Bonchev–Trinajstić information content (AvgIpc) is 3.58. The van der Waals surface area contributed by atoms with E-state index in [9.17, 15) is 17.6 Å². The molecule has 0 spiro atoms. The molecular weight excluding hydrogens is 403 g/mol. The molecule has 7 heteroatoms. The van der Waals surface area contributed by atoms with Crippen LogP contribution in [0.1, 0.15) is 48.5 Å². The van der Waals surface area contributed by atoms with Crippen LogP contribution >= 0.6 is 0 Å². The zero-order valence-corrected chi connectivity index (χ0v) is 17.9. The molecule has 4 rings (SSSR count). The van der Waals surface area contributed by atoms with E-state index in [2.05, 4.69) is 6.92 Å². The van der Waals surface area contributed by atoms with Crippen LogP contribution in [0, 0.1) is 11.7 Å². The van der Waals surface area contributed by atoms with Crippen LogP contribution in [0.15, 0.2) is 53.4 Å². The van der Waals surface area contributed by atoms with Crippen LogP contribution in [0.5, 0.6) is 0 Å². The van der Waals surface area contributed by atoms with E-state index in [1.807, 2.05) is 0 Å². The number of rotatable bonds is 6. The molecule has 2 aliphatic rings. The first-order valence-electron chi connectivity index (χ1n) is 10.5. The van der Waals surface area contributed by atoms with Gasteiger partial charge in [0.25, 0.3) is 5.91 Å². The topological polar surface area (TPSA) is 57.7 Å². The number of amides is 1. The maximum Gasteiger partial charge on any atom is 0.254 e. The highest BCUT2D eigenvalue weighted by Gasteiger charge is 2.33. The van der Waals surface area contributed by atoms with Crippen molar-refractivity contribution in [3.05, 3.63) is 65.5 Å². The number of benzene rings is 2. The van der Waals surface area contributed by atoms with Gasteiger partial charge in [-0.05, 0) is 73.6 Å². The van der Waals surface area contributed by atoms with Gasteiger partial charge in [0.1, 0.15) is 5.82 Å². The van der Waals surface area contributed by atoms with Gasteiger partial charge in [0.2, 0.25) is 10.0 Å². The van der Waals surface area contributed by atoms with Crippen molar-refractivity contribution < 1.29 is 17.6 Å². The molecule has 0 aromatic heterocycles. The minimum atomic E-state index is -3.53. The molecule has 1 saturated heterocycles. The molecule has 5 nitrogen and oxygen atoms in total. The fourth-order valence-corrected chi connectivity index (χ4v) is 5.32. The summed E-state index contributed by atoms with van der Waals surface area (Å²) in [5, 5.41) is 0. The summed E-state index contributed by atoms with van der Waals surface area (Å²) in [6, 6.07) is 12.6. The van der Waals surface area contributed by atoms with Gasteiger partial charge in [-0.25, -0.2) is 12.8 Å². The van der Waals surface area contributed by atoms with E-state index in [0.29, 0.717) is 31.1 Å². The molecule has 2 fully saturated rings. The first-order valence-corrected chi connectivity index (χ1v) is 11.9. The molecule has 1 aliphatic heterocycles. The SMILES string of the molecule is CC1CCN(S(=O)(=O)c2ccc(C(=O)N(Cc3ccc(F)cc3)C3CC3)cc2)CC1. The molecule has 0 bridgehead atoms. The van der Waals surface area contributed by atoms with Crippen molar-refractivity contribution in [1.82, 2.24) is 9.21 Å². The lowest BCUT2D eigenvalue weighted by Gasteiger charge is -2.29. The molecule has 30 heavy (non-hydrogen) atoms. The van der Waals surface area contributed by atoms with Gasteiger partial charge in [-0.15, -0.1) is 0 Å². The number of hydrogen-bond donors (Lipinski definition) is 0. The Morgan fingerprint density at radius 1 is 1.00 bits per heavy atom. The second-order valence-electron chi connectivity index (χ2n) is 8.40. The normalized spacial score (nSPS) is 18.3. The van der Waals surface area contributed by atoms with E-state index < -0.39 is 10.0 Å². The predicted octanol–water partition coefficient (Wildman–Crippen LogP) is 4.05. The van der Waals surface area contributed by atoms with Crippen molar-refractivity contribution in [1.29, 1.82) is 0 Å². The van der Waals surface area contributed by atoms with Crippen molar-refractivity contribution in [2.45, 2.75) is 50.1 Å². The molecule has 1 saturated carbocycles. The molecular formula is C23H27FN2O3S. The van der Waals surface area contributed by atoms with Crippen LogP contribution in [-0.2, 0) is 16.6 Å². The molecule has 1 aliphatic carbocycles. The molecule has 1 heterocycles. The fourth-order valence-electron chi connectivity index (χ4n) is 3.85. The number of hydrogen-bond acceptors (Lipinski definition) is 3. The zero-order valence-electron chi connectivity index (χ0n) is 17.1. The van der Waals surface area contributed by atoms with Crippen LogP contribution in [0.3, 0.4) is 0 Å². The molecule has 1 amide bonds. The Morgan fingerprint density at radius 2 is 1.60 bits per heavy atom. The van der Waals surface area contributed by atoms with Gasteiger partial charge >= 0.3 is 0 Å². The van der Waals surface area contributed by atoms with E-state index in [4.69, 9.17) is 0 Å². The Kier molecular flexibility index (Phi) is 5.93. The monoisotopic (exact) mass is 430 g/mol. The summed E-state index contributed by atoms with van der Waals surface area (Å²) in [5.41, 5.74) is 1.34. The zero-order chi connectivity index (χ0) is 21.3. The predicted molar refractivity (Wildman–Crippen MR) is 113 cm³/mol. The maximum absolute atomic E-state index is 13.2. The summed E-state index contributed by atoms with van der Waals surface area (Å²) in [4.78, 5) is 15.1. The average molecular weight is 431 g/mol. The molecule has 160 valence electrons. The van der Waals surface area contributed by atoms with Gasteiger partial charge in [-0.2, -0.15) is 4.31 Å². The maximum atomic E-state index is 13.2. The highest BCUT2D eigenvalue weighted by atomic mass is 32.2. The second-order valence-corrected chi connectivity index (χ2v) is 10.3. The highest BCUT2D eigenvalue weighted by molar-refractivity contribution is 7.89. The van der Waals surface area contributed by atoms with Gasteiger partial charge in [0.15, 0.2) is 0 Å². The Bertz CT molecular complexity index is 994. The van der Waals surface area contributed by atoms with E-state index in [-0.39, 0.29) is 22.7 Å². The lowest BCUT2D eigenvalue weighted by Crippen LogP contribution is -2.37. The second kappa shape index (κ2) is 8.47. The van der Waals surface area contributed by atoms with Gasteiger partial charge in [-0.1, -0.05) is 19.1 Å². The lowest BCUT2D eigenvalue weighted by atomic mass is 10.0. The molecule has 0 atom stereocenters. The summed E-state index contributed by atoms with van der Waals surface area (Å²) in [6.07, 6.45) is 3.64. The number of halogens is 1. The third kappa shape index (κ3) is 4.57. The minimum absolute atomic E-state index is 0.127. The third-order valence-electron chi connectivity index (χ3n) is 6.00. The summed E-state index contributed by atoms with van der Waals surface area (Å²) in [5.74, 6) is 0.117. The van der Waals surface area contributed by atoms with Crippen molar-refractivity contribution in [3.63, 3.8) is 0 Å². The van der Waals surface area contributed by atoms with E-state index in [1.54, 1.807) is 29.2 Å². The van der Waals surface area contributed by atoms with Gasteiger partial charge in [0.05, 0.1) is 4.90 Å². The van der Waals surface area contributed by atoms with E-state index in [1.165, 1.54) is 28.6 Å². The Morgan fingerprint density at radius 3 is 2.17 bits per heavy atom. The van der Waals surface area contributed by atoms with Crippen molar-refractivity contribution >= 4 is 15.9 Å². The Balaban J connectivity index is 1.49. The fraction of sp³-hybridized carbons (Fsp3) is 0.435. The van der Waals surface area contributed by atoms with Crippen LogP contribution in [-0.4, -0.2) is 42.7 Å². The number of carbonyl (C=O) groups excluding carboxylic acids is 1. The highest BCUT2D eigenvalue weighted by Crippen LogP contribution is 2.30. The quantitative estimate of drug-likeness (QED) is 0.695. The lowest BCUT2D eigenvalue weighted by molar-refractivity contribution is 0.0730. The van der Waals surface area contributed by atoms with Crippen LogP contribution in [0.25, 0.3) is 0 Å². The smallest absolute Gasteiger partial charge is 0.254 e. The van der Waals surface area contributed by atoms with Crippen molar-refractivity contribution in [3.8, 4) is 0 Å². The van der Waals surface area contributed by atoms with Crippen LogP contribution < -0.4 is 0 Å². The van der Waals surface area contributed by atoms with Gasteiger partial charge < -0.3 is 4.90 Å². The summed E-state index contributed by atoms with van der Waals surface area (Å²) < 4.78 is 40.5. The number of sulfonamides is 1. The van der Waals surface area contributed by atoms with E-state index >= 15 is 0 Å². The Hall–Kier alpha value is -2.25. The molecule has 0 radical (unpaired) electrons. The van der Waals surface area contributed by atoms with Crippen LogP contribution in [0.2, 0.25) is 0 Å². The van der Waals surface area contributed by atoms with E-state index in [0.717, 1.165) is 31.2 Å². The molecule has 2 aromatic carbocycles. The first kappa shape index (κ1) is 21.0. The number of carbonyl (C=O) groups is 1. The molecule has 0 N–H and O–H groups in total. The standard InChI is InChI=1S/C23H27FN2O3S/c1-17-12-14-25(15-13-17)30(28,29)22-10-4-19(5-11-22)23(27)26(21-8-9-21)16-18-2-6-20(24)7-3-18/h2-7,10-11,17,21H,8-9,12-16H2,1H3. The minimum Gasteiger partial charge on any atom is -0.331 e. The van der Waals surface area contributed by atoms with Gasteiger partial charge in [-0.3, -0.25) is 4.79 Å². The first-order chi connectivity index (χ1) is 14.3. The molecule has 2 aromatic rings. The molecule has 0 unspecified atom stereocenters.